The maximum atomic E-state index is 12.8. The molecule has 0 atom stereocenters. The summed E-state index contributed by atoms with van der Waals surface area (Å²) in [5, 5.41) is 22.2. The fraction of sp³-hybridized carbons (Fsp3) is 0. The first kappa shape index (κ1) is 23.0. The molecule has 1 fully saturated rings. The van der Waals surface area contributed by atoms with Crippen molar-refractivity contribution in [2.75, 3.05) is 4.90 Å². The van der Waals surface area contributed by atoms with Gasteiger partial charge >= 0.3 is 5.69 Å². The number of carbonyl (C=O) groups excluding carboxylic acids is 2. The second-order valence-electron chi connectivity index (χ2n) is 6.83. The molecule has 4 rings (SSSR count). The van der Waals surface area contributed by atoms with Crippen LogP contribution in [0.3, 0.4) is 0 Å². The number of nitrogens with zero attached hydrogens (tertiary/aromatic N) is 3. The number of carbonyl (C=O) groups is 2. The molecule has 1 heterocycles. The third-order valence-corrected chi connectivity index (χ3v) is 5.73. The van der Waals surface area contributed by atoms with Gasteiger partial charge in [0.1, 0.15) is 5.75 Å². The minimum absolute atomic E-state index is 0.179. The SMILES string of the molecule is O=C1S/C(=C\c2cccc(Oc3ccc([N+](=O)[O-])cc3[N+](=O)[O-])c2)C(=O)N1c1ccc(Cl)cc1. The molecular weight excluding hydrogens is 486 g/mol. The van der Waals surface area contributed by atoms with Crippen LogP contribution in [0.15, 0.2) is 71.6 Å². The molecule has 0 spiro atoms. The number of benzene rings is 3. The van der Waals surface area contributed by atoms with Crippen molar-refractivity contribution in [1.82, 2.24) is 0 Å². The lowest BCUT2D eigenvalue weighted by atomic mass is 10.2. The maximum absolute atomic E-state index is 12.8. The first-order valence-electron chi connectivity index (χ1n) is 9.47. The topological polar surface area (TPSA) is 133 Å². The molecule has 0 N–H and O–H groups in total. The van der Waals surface area contributed by atoms with Gasteiger partial charge < -0.3 is 4.74 Å². The van der Waals surface area contributed by atoms with E-state index in [0.717, 1.165) is 34.9 Å². The van der Waals surface area contributed by atoms with Gasteiger partial charge in [0, 0.05) is 11.1 Å². The van der Waals surface area contributed by atoms with Gasteiger partial charge in [-0.3, -0.25) is 29.8 Å². The lowest BCUT2D eigenvalue weighted by Gasteiger charge is -2.12. The van der Waals surface area contributed by atoms with Crippen molar-refractivity contribution < 1.29 is 24.2 Å². The summed E-state index contributed by atoms with van der Waals surface area (Å²) in [4.78, 5) is 47.1. The second-order valence-corrected chi connectivity index (χ2v) is 8.26. The molecule has 0 aliphatic carbocycles. The van der Waals surface area contributed by atoms with Crippen LogP contribution in [0.2, 0.25) is 5.02 Å². The number of nitro benzene ring substituents is 2. The number of nitro groups is 2. The molecule has 0 unspecified atom stereocenters. The van der Waals surface area contributed by atoms with Gasteiger partial charge in [-0.2, -0.15) is 0 Å². The molecule has 1 aliphatic rings. The zero-order valence-electron chi connectivity index (χ0n) is 16.9. The lowest BCUT2D eigenvalue weighted by Crippen LogP contribution is -2.27. The number of anilines is 1. The zero-order chi connectivity index (χ0) is 24.4. The van der Waals surface area contributed by atoms with Gasteiger partial charge in [-0.25, -0.2) is 4.90 Å². The van der Waals surface area contributed by atoms with Crippen molar-refractivity contribution >= 4 is 57.6 Å². The number of amides is 2. The summed E-state index contributed by atoms with van der Waals surface area (Å²) in [5.41, 5.74) is -0.116. The van der Waals surface area contributed by atoms with E-state index in [4.69, 9.17) is 16.3 Å². The predicted octanol–water partition coefficient (Wildman–Crippen LogP) is 6.19. The number of halogens is 1. The first-order valence-corrected chi connectivity index (χ1v) is 10.7. The number of thioether (sulfide) groups is 1. The highest BCUT2D eigenvalue weighted by Crippen LogP contribution is 2.37. The van der Waals surface area contributed by atoms with Crippen molar-refractivity contribution in [2.45, 2.75) is 0 Å². The minimum atomic E-state index is -0.779. The number of imide groups is 1. The molecule has 3 aromatic carbocycles. The van der Waals surface area contributed by atoms with Crippen LogP contribution in [0.5, 0.6) is 11.5 Å². The van der Waals surface area contributed by atoms with Crippen LogP contribution < -0.4 is 9.64 Å². The second kappa shape index (κ2) is 9.33. The summed E-state index contributed by atoms with van der Waals surface area (Å²) in [5.74, 6) is -0.493. The summed E-state index contributed by atoms with van der Waals surface area (Å²) < 4.78 is 5.59. The fourth-order valence-corrected chi connectivity index (χ4v) is 4.04. The number of non-ortho nitro benzene ring substituents is 1. The van der Waals surface area contributed by atoms with Gasteiger partial charge in [0.15, 0.2) is 0 Å². The average Bonchev–Trinajstić information content (AvgIpc) is 3.07. The molecule has 2 amide bonds. The Morgan fingerprint density at radius 3 is 2.35 bits per heavy atom. The smallest absolute Gasteiger partial charge is 0.318 e. The molecule has 12 heteroatoms. The van der Waals surface area contributed by atoms with E-state index in [1.54, 1.807) is 36.4 Å². The highest BCUT2D eigenvalue weighted by atomic mass is 35.5. The van der Waals surface area contributed by atoms with Crippen molar-refractivity contribution in [2.24, 2.45) is 0 Å². The zero-order valence-corrected chi connectivity index (χ0v) is 18.5. The van der Waals surface area contributed by atoms with Crippen LogP contribution in [-0.2, 0) is 4.79 Å². The van der Waals surface area contributed by atoms with E-state index in [9.17, 15) is 29.8 Å². The van der Waals surface area contributed by atoms with E-state index in [0.29, 0.717) is 16.3 Å². The molecule has 3 aromatic rings. The van der Waals surface area contributed by atoms with Gasteiger partial charge in [-0.15, -0.1) is 0 Å². The maximum Gasteiger partial charge on any atom is 0.318 e. The minimum Gasteiger partial charge on any atom is -0.450 e. The largest absolute Gasteiger partial charge is 0.450 e. The first-order chi connectivity index (χ1) is 16.2. The Hall–Kier alpha value is -4.22. The monoisotopic (exact) mass is 497 g/mol. The summed E-state index contributed by atoms with van der Waals surface area (Å²) in [6.45, 7) is 0. The van der Waals surface area contributed by atoms with E-state index in [1.165, 1.54) is 18.2 Å². The standard InChI is InChI=1S/C22H12ClN3O7S/c23-14-4-6-15(7-5-14)24-21(27)20(34-22(24)28)11-13-2-1-3-17(10-13)33-19-9-8-16(25(29)30)12-18(19)26(31)32/h1-12H/b20-11-. The summed E-state index contributed by atoms with van der Waals surface area (Å²) in [6, 6.07) is 15.6. The molecule has 0 radical (unpaired) electrons. The average molecular weight is 498 g/mol. The van der Waals surface area contributed by atoms with E-state index >= 15 is 0 Å². The van der Waals surface area contributed by atoms with E-state index in [2.05, 4.69) is 0 Å². The molecule has 10 nitrogen and oxygen atoms in total. The number of hydrogen-bond donors (Lipinski definition) is 0. The van der Waals surface area contributed by atoms with Gasteiger partial charge in [0.25, 0.3) is 16.8 Å². The van der Waals surface area contributed by atoms with E-state index in [1.807, 2.05) is 0 Å². The van der Waals surface area contributed by atoms with Crippen LogP contribution in [0.1, 0.15) is 5.56 Å². The Balaban J connectivity index is 1.59. The van der Waals surface area contributed by atoms with Gasteiger partial charge in [0.2, 0.25) is 5.75 Å². The Morgan fingerprint density at radius 1 is 0.941 bits per heavy atom. The summed E-state index contributed by atoms with van der Waals surface area (Å²) in [7, 11) is 0. The molecule has 0 aromatic heterocycles. The highest BCUT2D eigenvalue weighted by molar-refractivity contribution is 8.19. The van der Waals surface area contributed by atoms with Crippen LogP contribution in [-0.4, -0.2) is 21.0 Å². The van der Waals surface area contributed by atoms with Crippen LogP contribution in [0, 0.1) is 20.2 Å². The third-order valence-electron chi connectivity index (χ3n) is 4.61. The van der Waals surface area contributed by atoms with Crippen LogP contribution >= 0.6 is 23.4 Å². The van der Waals surface area contributed by atoms with Crippen molar-refractivity contribution in [3.05, 3.63) is 102 Å². The Labute approximate surface area is 200 Å². The Morgan fingerprint density at radius 2 is 1.68 bits per heavy atom. The third kappa shape index (κ3) is 4.75. The van der Waals surface area contributed by atoms with E-state index in [-0.39, 0.29) is 16.4 Å². The van der Waals surface area contributed by atoms with Gasteiger partial charge in [0.05, 0.1) is 26.5 Å². The molecule has 1 aliphatic heterocycles. The Bertz CT molecular complexity index is 1380. The molecule has 34 heavy (non-hydrogen) atoms. The quantitative estimate of drug-likeness (QED) is 0.223. The van der Waals surface area contributed by atoms with Crippen LogP contribution in [0.25, 0.3) is 6.08 Å². The van der Waals surface area contributed by atoms with E-state index < -0.39 is 32.4 Å². The fourth-order valence-electron chi connectivity index (χ4n) is 3.07. The molecule has 170 valence electrons. The van der Waals surface area contributed by atoms with Crippen molar-refractivity contribution in [3.8, 4) is 11.5 Å². The molecule has 1 saturated heterocycles. The lowest BCUT2D eigenvalue weighted by molar-refractivity contribution is -0.394. The predicted molar refractivity (Wildman–Crippen MR) is 126 cm³/mol. The summed E-state index contributed by atoms with van der Waals surface area (Å²) >= 11 is 6.63. The van der Waals surface area contributed by atoms with Crippen molar-refractivity contribution in [1.29, 1.82) is 0 Å². The number of ether oxygens (including phenoxy) is 1. The Kier molecular flexibility index (Phi) is 6.30. The van der Waals surface area contributed by atoms with Gasteiger partial charge in [-0.1, -0.05) is 23.7 Å². The molecule has 0 saturated carbocycles. The highest BCUT2D eigenvalue weighted by Gasteiger charge is 2.36. The number of rotatable bonds is 6. The van der Waals surface area contributed by atoms with Crippen LogP contribution in [0.4, 0.5) is 21.9 Å². The molecular formula is C22H12ClN3O7S. The van der Waals surface area contributed by atoms with Crippen molar-refractivity contribution in [3.63, 3.8) is 0 Å². The summed E-state index contributed by atoms with van der Waals surface area (Å²) in [6.07, 6.45) is 1.50. The van der Waals surface area contributed by atoms with Gasteiger partial charge in [-0.05, 0) is 65.9 Å². The molecule has 0 bridgehead atoms. The normalized spacial score (nSPS) is 14.5. The number of hydrogen-bond acceptors (Lipinski definition) is 8.